The highest BCUT2D eigenvalue weighted by Gasteiger charge is 2.37. The number of aromatic hydroxyl groups is 1. The molecule has 0 saturated carbocycles. The van der Waals surface area contributed by atoms with Crippen molar-refractivity contribution >= 4 is 88.8 Å². The van der Waals surface area contributed by atoms with Gasteiger partial charge in [-0.25, -0.2) is 4.79 Å². The fraction of sp³-hybridized carbons (Fsp3) is 0.571. The number of carboxylic acids is 3. The van der Waals surface area contributed by atoms with E-state index in [-0.39, 0.29) is 23.7 Å². The third kappa shape index (κ3) is 26.8. The highest BCUT2D eigenvalue weighted by Crippen LogP contribution is 2.14. The van der Waals surface area contributed by atoms with E-state index in [2.05, 4.69) is 47.9 Å². The summed E-state index contributed by atoms with van der Waals surface area (Å²) in [7, 11) is 0. The molecule has 12 amide bonds. The van der Waals surface area contributed by atoms with E-state index >= 15 is 0 Å². The minimum atomic E-state index is -2.02. The Bertz CT molecular complexity index is 2530. The normalized spacial score (nSPS) is 15.0. The number of hydrogen-bond acceptors (Lipinski definition) is 19. The van der Waals surface area contributed by atoms with E-state index in [4.69, 9.17) is 22.3 Å². The molecule has 0 radical (unpaired) electrons. The minimum Gasteiger partial charge on any atom is -0.508 e. The Kier molecular flexibility index (Phi) is 30.3. The number of rotatable bonds is 37. The summed E-state index contributed by atoms with van der Waals surface area (Å²) in [6, 6.07) is -12.1. The molecule has 0 heterocycles. The lowest BCUT2D eigenvalue weighted by Gasteiger charge is -2.29. The monoisotopic (exact) mass is 1180 g/mol. The lowest BCUT2D eigenvalue weighted by Crippen LogP contribution is -2.62. The van der Waals surface area contributed by atoms with Crippen molar-refractivity contribution in [2.45, 2.75) is 153 Å². The molecule has 0 aliphatic heterocycles. The molecular weight excluding hydrogens is 1110 g/mol. The molecule has 1 aromatic rings. The van der Waals surface area contributed by atoms with E-state index in [1.54, 1.807) is 13.8 Å². The summed E-state index contributed by atoms with van der Waals surface area (Å²) in [4.78, 5) is 192. The first-order chi connectivity index (χ1) is 38.6. The fourth-order valence-corrected chi connectivity index (χ4v) is 7.33. The zero-order valence-corrected chi connectivity index (χ0v) is 46.2. The smallest absolute Gasteiger partial charge is 0.326 e. The zero-order chi connectivity index (χ0) is 63.6. The van der Waals surface area contributed by atoms with Crippen LogP contribution < -0.4 is 70.4 Å². The molecule has 0 aromatic heterocycles. The van der Waals surface area contributed by atoms with E-state index in [1.165, 1.54) is 38.1 Å². The zero-order valence-electron chi connectivity index (χ0n) is 46.2. The molecule has 0 fully saturated rings. The fourth-order valence-electron chi connectivity index (χ4n) is 7.33. The first-order valence-corrected chi connectivity index (χ1v) is 25.6. The number of carboxylic acid groups (broad SMARTS) is 3. The number of carbonyl (C=O) groups is 15. The van der Waals surface area contributed by atoms with Crippen molar-refractivity contribution in [2.24, 2.45) is 29.0 Å². The second kappa shape index (κ2) is 34.9. The summed E-state index contributed by atoms with van der Waals surface area (Å²) in [5.41, 5.74) is 16.5. The highest BCUT2D eigenvalue weighted by atomic mass is 16.4. The highest BCUT2D eigenvalue weighted by molar-refractivity contribution is 6.00. The maximum Gasteiger partial charge on any atom is 0.326 e. The molecule has 0 saturated heterocycles. The average Bonchev–Trinajstić information content (AvgIpc) is 3.38. The summed E-state index contributed by atoms with van der Waals surface area (Å²) in [6.45, 7) is 6.55. The van der Waals surface area contributed by atoms with Crippen molar-refractivity contribution in [2.75, 3.05) is 13.2 Å². The van der Waals surface area contributed by atoms with Gasteiger partial charge >= 0.3 is 17.9 Å². The molecule has 0 bridgehead atoms. The Hall–Kier alpha value is -9.05. The standard InChI is InChI=1S/C49H75N13O21/c1-20(2)13-31(49(82)83)59-46(79)32(19-63)60-40(73)22(5)54-35(68)18-53-42(75)27(11-12-33(51)66)55-48(81)39(23(6)64)62-45(78)29(16-34(52)67)58-47(80)38(21(3)4)61-44(77)28(14-24-7-9-25(65)10-8-24)57-43(76)30(17-37(71)72)56-41(74)26(50)15-36(69)70/h7-10,20-23,26-32,38-39,63-65H,11-19,50H2,1-6H3,(H2,51,66)(H2,52,67)(H,53,75)(H,54,68)(H,55,81)(H,56,74)(H,57,76)(H,58,80)(H,59,79)(H,60,73)(H,61,77)(H,62,78)(H,69,70)(H,71,72)(H,82,83)/t22-,23+,26-,27-,28-,29-,30-,31-,32-,38-,39-/m0/s1. The number of aliphatic hydroxyl groups excluding tert-OH is 2. The molecular formula is C49H75N13O21. The molecule has 22 N–H and O–H groups in total. The van der Waals surface area contributed by atoms with Crippen molar-refractivity contribution in [1.82, 2.24) is 53.2 Å². The molecule has 0 spiro atoms. The van der Waals surface area contributed by atoms with Crippen LogP contribution >= 0.6 is 0 Å². The number of nitrogens with one attached hydrogen (secondary N) is 10. The number of aliphatic hydroxyl groups is 2. The number of phenolic OH excluding ortho intramolecular Hbond substituents is 1. The van der Waals surface area contributed by atoms with Crippen LogP contribution in [0.1, 0.15) is 85.6 Å². The number of hydrogen-bond donors (Lipinski definition) is 19. The number of phenols is 1. The summed E-state index contributed by atoms with van der Waals surface area (Å²) < 4.78 is 0. The third-order valence-electron chi connectivity index (χ3n) is 11.7. The topological polar surface area (TPSA) is 576 Å². The van der Waals surface area contributed by atoms with Gasteiger partial charge in [-0.3, -0.25) is 67.1 Å². The number of carbonyl (C=O) groups excluding carboxylic acids is 12. The van der Waals surface area contributed by atoms with E-state index in [9.17, 15) is 97.5 Å². The summed E-state index contributed by atoms with van der Waals surface area (Å²) in [6.07, 6.45) is -6.28. The van der Waals surface area contributed by atoms with Crippen LogP contribution in [-0.4, -0.2) is 199 Å². The largest absolute Gasteiger partial charge is 0.508 e. The number of primary amides is 2. The maximum atomic E-state index is 14.1. The lowest BCUT2D eigenvalue weighted by molar-refractivity contribution is -0.143. The second-order valence-corrected chi connectivity index (χ2v) is 19.8. The number of amides is 12. The number of aliphatic carboxylic acids is 3. The van der Waals surface area contributed by atoms with Crippen LogP contribution in [0.5, 0.6) is 5.75 Å². The van der Waals surface area contributed by atoms with Crippen molar-refractivity contribution in [3.63, 3.8) is 0 Å². The van der Waals surface area contributed by atoms with E-state index in [0.29, 0.717) is 0 Å². The van der Waals surface area contributed by atoms with Gasteiger partial charge in [-0.1, -0.05) is 39.8 Å². The van der Waals surface area contributed by atoms with Crippen molar-refractivity contribution in [3.05, 3.63) is 29.8 Å². The molecule has 0 aliphatic rings. The Morgan fingerprint density at radius 3 is 1.48 bits per heavy atom. The number of benzene rings is 1. The molecule has 11 atom stereocenters. The van der Waals surface area contributed by atoms with Crippen LogP contribution in [0.2, 0.25) is 0 Å². The Labute approximate surface area is 474 Å². The first-order valence-electron chi connectivity index (χ1n) is 25.6. The van der Waals surface area contributed by atoms with Gasteiger partial charge in [0.25, 0.3) is 0 Å². The van der Waals surface area contributed by atoms with Gasteiger partial charge < -0.3 is 101 Å². The van der Waals surface area contributed by atoms with Gasteiger partial charge in [-0.2, -0.15) is 0 Å². The van der Waals surface area contributed by atoms with Crippen molar-refractivity contribution < 1.29 is 103 Å². The second-order valence-electron chi connectivity index (χ2n) is 19.8. The predicted molar refractivity (Wildman–Crippen MR) is 283 cm³/mol. The molecule has 34 heteroatoms. The molecule has 83 heavy (non-hydrogen) atoms. The molecule has 0 unspecified atom stereocenters. The van der Waals surface area contributed by atoms with Gasteiger partial charge in [0, 0.05) is 12.8 Å². The van der Waals surface area contributed by atoms with Crippen molar-refractivity contribution in [3.8, 4) is 5.75 Å². The minimum absolute atomic E-state index is 0.0263. The van der Waals surface area contributed by atoms with Gasteiger partial charge in [-0.15, -0.1) is 0 Å². The van der Waals surface area contributed by atoms with Gasteiger partial charge in [0.2, 0.25) is 70.9 Å². The quantitative estimate of drug-likeness (QED) is 0.0294. The summed E-state index contributed by atoms with van der Waals surface area (Å²) >= 11 is 0. The van der Waals surface area contributed by atoms with Crippen molar-refractivity contribution in [1.29, 1.82) is 0 Å². The van der Waals surface area contributed by atoms with Crippen LogP contribution in [0.4, 0.5) is 0 Å². The number of nitrogens with two attached hydrogens (primary N) is 3. The van der Waals surface area contributed by atoms with Crippen LogP contribution in [0.25, 0.3) is 0 Å². The molecule has 34 nitrogen and oxygen atoms in total. The first kappa shape index (κ1) is 72.0. The van der Waals surface area contributed by atoms with Gasteiger partial charge in [0.1, 0.15) is 60.1 Å². The predicted octanol–water partition coefficient (Wildman–Crippen LogP) is -7.99. The van der Waals surface area contributed by atoms with Crippen LogP contribution in [-0.2, 0) is 78.3 Å². The molecule has 0 aliphatic carbocycles. The van der Waals surface area contributed by atoms with Gasteiger partial charge in [0.15, 0.2) is 0 Å². The summed E-state index contributed by atoms with van der Waals surface area (Å²) in [5.74, 6) is -19.6. The van der Waals surface area contributed by atoms with E-state index in [1.807, 2.05) is 5.32 Å². The van der Waals surface area contributed by atoms with Crippen LogP contribution in [0.3, 0.4) is 0 Å². The Balaban J connectivity index is 3.34. The van der Waals surface area contributed by atoms with Gasteiger partial charge in [-0.05, 0) is 56.2 Å². The average molecular weight is 1180 g/mol. The lowest BCUT2D eigenvalue weighted by atomic mass is 9.99. The molecule has 462 valence electrons. The SMILES string of the molecule is CC(C)C[C@H](NC(=O)[C@H](CO)NC(=O)[C@H](C)NC(=O)CNC(=O)[C@H](CCC(N)=O)NC(=O)[C@@H](NC(=O)[C@H](CC(N)=O)NC(=O)[C@@H](NC(=O)[C@H](Cc1ccc(O)cc1)NC(=O)[C@H](CC(=O)O)NC(=O)[C@@H](N)CC(=O)O)C(C)C)[C@@H](C)O)C(=O)O. The Morgan fingerprint density at radius 1 is 0.506 bits per heavy atom. The van der Waals surface area contributed by atoms with E-state index in [0.717, 1.165) is 13.8 Å². The molecule has 1 aromatic carbocycles. The third-order valence-corrected chi connectivity index (χ3v) is 11.7. The maximum absolute atomic E-state index is 14.1. The molecule has 1 rings (SSSR count). The summed E-state index contributed by atoms with van der Waals surface area (Å²) in [5, 5.41) is 80.2. The van der Waals surface area contributed by atoms with Crippen LogP contribution in [0, 0.1) is 11.8 Å². The van der Waals surface area contributed by atoms with E-state index < -0.39 is 213 Å². The van der Waals surface area contributed by atoms with Gasteiger partial charge in [0.05, 0.1) is 44.6 Å². The van der Waals surface area contributed by atoms with Crippen LogP contribution in [0.15, 0.2) is 24.3 Å². The Morgan fingerprint density at radius 2 is 0.976 bits per heavy atom.